The van der Waals surface area contributed by atoms with Gasteiger partial charge in [0, 0.05) is 18.3 Å². The third kappa shape index (κ3) is 5.99. The maximum Gasteiger partial charge on any atom is 0.222 e. The number of sulfone groups is 1. The Hall–Kier alpha value is -2.19. The smallest absolute Gasteiger partial charge is 0.222 e. The van der Waals surface area contributed by atoms with Crippen LogP contribution in [0.25, 0.3) is 0 Å². The van der Waals surface area contributed by atoms with E-state index < -0.39 is 15.9 Å². The van der Waals surface area contributed by atoms with Crippen LogP contribution in [0.4, 0.5) is 0 Å². The second-order valence-electron chi connectivity index (χ2n) is 5.45. The summed E-state index contributed by atoms with van der Waals surface area (Å²) in [5.74, 6) is -0.708. The van der Waals surface area contributed by atoms with Crippen molar-refractivity contribution in [2.45, 2.75) is 24.3 Å². The number of thiophene rings is 1. The molecule has 0 unspecified atom stereocenters. The van der Waals surface area contributed by atoms with Gasteiger partial charge >= 0.3 is 0 Å². The van der Waals surface area contributed by atoms with Crippen molar-refractivity contribution >= 4 is 33.0 Å². The molecule has 0 saturated carbocycles. The molecular formula is C17H20N2O4S2. The highest BCUT2D eigenvalue weighted by Gasteiger charge is 2.19. The van der Waals surface area contributed by atoms with E-state index in [1.165, 1.54) is 30.4 Å². The van der Waals surface area contributed by atoms with Crippen LogP contribution in [0.1, 0.15) is 24.3 Å². The van der Waals surface area contributed by atoms with Crippen LogP contribution in [-0.4, -0.2) is 32.5 Å². The van der Waals surface area contributed by atoms with E-state index in [4.69, 9.17) is 0 Å². The number of carbonyl (C=O) groups excluding carboxylic acids is 2. The average Bonchev–Trinajstić information content (AvgIpc) is 3.09. The Kier molecular flexibility index (Phi) is 6.72. The molecule has 1 heterocycles. The molecule has 2 rings (SSSR count). The molecule has 0 aliphatic rings. The fourth-order valence-electron chi connectivity index (χ4n) is 2.29. The van der Waals surface area contributed by atoms with Gasteiger partial charge in [-0.2, -0.15) is 0 Å². The minimum atomic E-state index is -3.43. The van der Waals surface area contributed by atoms with Crippen molar-refractivity contribution in [3.63, 3.8) is 0 Å². The molecular weight excluding hydrogens is 360 g/mol. The first-order chi connectivity index (χ1) is 11.9. The van der Waals surface area contributed by atoms with Crippen LogP contribution in [-0.2, 0) is 19.4 Å². The van der Waals surface area contributed by atoms with E-state index in [9.17, 15) is 18.0 Å². The van der Waals surface area contributed by atoms with Gasteiger partial charge in [0.1, 0.15) is 0 Å². The summed E-state index contributed by atoms with van der Waals surface area (Å²) < 4.78 is 24.3. The van der Waals surface area contributed by atoms with E-state index in [1.807, 2.05) is 17.5 Å². The molecule has 2 N–H and O–H groups in total. The monoisotopic (exact) mass is 380 g/mol. The summed E-state index contributed by atoms with van der Waals surface area (Å²) in [6, 6.07) is 11.4. The van der Waals surface area contributed by atoms with Crippen LogP contribution in [0.15, 0.2) is 52.7 Å². The third-order valence-corrected chi connectivity index (χ3v) is 6.17. The zero-order valence-corrected chi connectivity index (χ0v) is 15.4. The van der Waals surface area contributed by atoms with E-state index in [0.29, 0.717) is 0 Å². The number of rotatable bonds is 8. The average molecular weight is 380 g/mol. The summed E-state index contributed by atoms with van der Waals surface area (Å²) in [5.41, 5.74) is 0. The number of nitrogens with one attached hydrogen (secondary N) is 2. The number of carbonyl (C=O) groups is 2. The molecule has 0 bridgehead atoms. The van der Waals surface area contributed by atoms with Gasteiger partial charge in [0.2, 0.25) is 11.8 Å². The Labute approximate surface area is 151 Å². The first-order valence-corrected chi connectivity index (χ1v) is 10.3. The third-order valence-electron chi connectivity index (χ3n) is 3.45. The van der Waals surface area contributed by atoms with Crippen LogP contribution < -0.4 is 10.6 Å². The van der Waals surface area contributed by atoms with Gasteiger partial charge in [-0.25, -0.2) is 8.42 Å². The Balaban J connectivity index is 1.88. The van der Waals surface area contributed by atoms with Crippen LogP contribution in [0.2, 0.25) is 0 Å². The van der Waals surface area contributed by atoms with Crippen molar-refractivity contribution in [1.29, 1.82) is 0 Å². The number of amides is 2. The summed E-state index contributed by atoms with van der Waals surface area (Å²) in [5, 5.41) is 7.22. The van der Waals surface area contributed by atoms with Gasteiger partial charge in [0.25, 0.3) is 0 Å². The second-order valence-corrected chi connectivity index (χ2v) is 8.54. The molecule has 1 aromatic heterocycles. The molecule has 134 valence electrons. The largest absolute Gasteiger partial charge is 0.355 e. The summed E-state index contributed by atoms with van der Waals surface area (Å²) in [7, 11) is -3.43. The maximum absolute atomic E-state index is 12.2. The van der Waals surface area contributed by atoms with E-state index >= 15 is 0 Å². The van der Waals surface area contributed by atoms with Gasteiger partial charge in [-0.05, 0) is 23.6 Å². The maximum atomic E-state index is 12.2. The minimum absolute atomic E-state index is 0.0211. The lowest BCUT2D eigenvalue weighted by Crippen LogP contribution is -2.34. The summed E-state index contributed by atoms with van der Waals surface area (Å²) >= 11 is 1.45. The predicted octanol–water partition coefficient (Wildman–Crippen LogP) is 1.91. The molecule has 25 heavy (non-hydrogen) atoms. The van der Waals surface area contributed by atoms with Crippen LogP contribution in [0.5, 0.6) is 0 Å². The molecule has 0 spiro atoms. The highest BCUT2D eigenvalue weighted by molar-refractivity contribution is 7.91. The molecule has 0 fully saturated rings. The van der Waals surface area contributed by atoms with Gasteiger partial charge in [-0.1, -0.05) is 24.3 Å². The SMILES string of the molecule is CC(=O)N[C@H](CC(=O)NCCS(=O)(=O)c1ccccc1)c1cccs1. The summed E-state index contributed by atoms with van der Waals surface area (Å²) in [4.78, 5) is 24.5. The van der Waals surface area contributed by atoms with Crippen molar-refractivity contribution in [2.24, 2.45) is 0 Å². The van der Waals surface area contributed by atoms with Gasteiger partial charge in [0.05, 0.1) is 23.1 Å². The molecule has 6 nitrogen and oxygen atoms in total. The molecule has 0 aliphatic carbocycles. The Morgan fingerprint density at radius 3 is 2.44 bits per heavy atom. The van der Waals surface area contributed by atoms with Crippen LogP contribution >= 0.6 is 11.3 Å². The lowest BCUT2D eigenvalue weighted by atomic mass is 10.1. The highest BCUT2D eigenvalue weighted by atomic mass is 32.2. The predicted molar refractivity (Wildman–Crippen MR) is 97.0 cm³/mol. The van der Waals surface area contributed by atoms with Crippen LogP contribution in [0.3, 0.4) is 0 Å². The first-order valence-electron chi connectivity index (χ1n) is 7.73. The van der Waals surface area contributed by atoms with Crippen LogP contribution in [0, 0.1) is 0 Å². The van der Waals surface area contributed by atoms with E-state index in [2.05, 4.69) is 10.6 Å². The Bertz CT molecular complexity index is 802. The lowest BCUT2D eigenvalue weighted by Gasteiger charge is -2.16. The highest BCUT2D eigenvalue weighted by Crippen LogP contribution is 2.21. The van der Waals surface area contributed by atoms with Crippen molar-refractivity contribution in [3.8, 4) is 0 Å². The van der Waals surface area contributed by atoms with Crippen molar-refractivity contribution in [3.05, 3.63) is 52.7 Å². The normalized spacial score (nSPS) is 12.4. The molecule has 1 atom stereocenters. The zero-order chi connectivity index (χ0) is 18.3. The number of hydrogen-bond donors (Lipinski definition) is 2. The summed E-state index contributed by atoms with van der Waals surface area (Å²) in [6.07, 6.45) is 0.0610. The molecule has 8 heteroatoms. The lowest BCUT2D eigenvalue weighted by molar-refractivity contribution is -0.122. The quantitative estimate of drug-likeness (QED) is 0.732. The van der Waals surface area contributed by atoms with Gasteiger partial charge in [-0.15, -0.1) is 11.3 Å². The number of benzene rings is 1. The van der Waals surface area contributed by atoms with Gasteiger partial charge in [-0.3, -0.25) is 9.59 Å². The number of hydrogen-bond acceptors (Lipinski definition) is 5. The standard InChI is InChI=1S/C17H20N2O4S2/c1-13(20)19-15(16-8-5-10-24-16)12-17(21)18-9-11-25(22,23)14-6-3-2-4-7-14/h2-8,10,15H,9,11-12H2,1H3,(H,18,21)(H,19,20)/t15-/m1/s1. The van der Waals surface area contributed by atoms with E-state index in [-0.39, 0.29) is 35.4 Å². The summed E-state index contributed by atoms with van der Waals surface area (Å²) in [6.45, 7) is 1.41. The van der Waals surface area contributed by atoms with E-state index in [0.717, 1.165) is 4.88 Å². The van der Waals surface area contributed by atoms with Crippen molar-refractivity contribution in [1.82, 2.24) is 10.6 Å². The van der Waals surface area contributed by atoms with Gasteiger partial charge < -0.3 is 10.6 Å². The van der Waals surface area contributed by atoms with Crippen molar-refractivity contribution < 1.29 is 18.0 Å². The topological polar surface area (TPSA) is 92.3 Å². The molecule has 2 amide bonds. The first kappa shape index (κ1) is 19.1. The molecule has 2 aromatic rings. The zero-order valence-electron chi connectivity index (χ0n) is 13.8. The van der Waals surface area contributed by atoms with Crippen molar-refractivity contribution in [2.75, 3.05) is 12.3 Å². The molecule has 0 radical (unpaired) electrons. The minimum Gasteiger partial charge on any atom is -0.355 e. The van der Waals surface area contributed by atoms with E-state index in [1.54, 1.807) is 18.2 Å². The fourth-order valence-corrected chi connectivity index (χ4v) is 4.24. The Morgan fingerprint density at radius 1 is 1.12 bits per heavy atom. The second kappa shape index (κ2) is 8.77. The fraction of sp³-hybridized carbons (Fsp3) is 0.294. The molecule has 1 aromatic carbocycles. The molecule has 0 aliphatic heterocycles. The Morgan fingerprint density at radius 2 is 1.84 bits per heavy atom. The molecule has 0 saturated heterocycles. The van der Waals surface area contributed by atoms with Gasteiger partial charge in [0.15, 0.2) is 9.84 Å².